The number of methoxy groups -OCH3 is 1. The van der Waals surface area contributed by atoms with Crippen molar-refractivity contribution in [1.29, 1.82) is 0 Å². The van der Waals surface area contributed by atoms with E-state index in [4.69, 9.17) is 9.47 Å². The fourth-order valence-corrected chi connectivity index (χ4v) is 1.77. The molecule has 0 amide bonds. The molecule has 4 heteroatoms. The fraction of sp³-hybridized carbons (Fsp3) is 0.750. The summed E-state index contributed by atoms with van der Waals surface area (Å²) >= 11 is 0. The van der Waals surface area contributed by atoms with E-state index in [9.17, 15) is 4.79 Å². The van der Waals surface area contributed by atoms with Gasteiger partial charge in [-0.1, -0.05) is 6.58 Å². The van der Waals surface area contributed by atoms with Crippen molar-refractivity contribution in [3.63, 3.8) is 0 Å². The number of carbonyl (C=O) groups excluding carboxylic acids is 1. The molecule has 0 spiro atoms. The number of nitrogens with one attached hydrogen (secondary N) is 1. The normalized spacial score (nSPS) is 17.6. The van der Waals surface area contributed by atoms with E-state index in [0.717, 1.165) is 19.4 Å². The minimum absolute atomic E-state index is 0.0189. The highest BCUT2D eigenvalue weighted by Crippen LogP contribution is 2.34. The zero-order valence-corrected chi connectivity index (χ0v) is 10.2. The van der Waals surface area contributed by atoms with E-state index in [1.54, 1.807) is 14.0 Å². The molecule has 1 saturated carbocycles. The van der Waals surface area contributed by atoms with Crippen molar-refractivity contribution in [2.24, 2.45) is 0 Å². The van der Waals surface area contributed by atoms with Crippen LogP contribution in [0.25, 0.3) is 0 Å². The molecular weight excluding hydrogens is 206 g/mol. The van der Waals surface area contributed by atoms with Crippen molar-refractivity contribution in [1.82, 2.24) is 5.32 Å². The number of carbonyl (C=O) groups is 1. The summed E-state index contributed by atoms with van der Waals surface area (Å²) in [5, 5.41) is 3.19. The van der Waals surface area contributed by atoms with Gasteiger partial charge in [0.2, 0.25) is 0 Å². The van der Waals surface area contributed by atoms with E-state index in [1.807, 2.05) is 0 Å². The van der Waals surface area contributed by atoms with Crippen molar-refractivity contribution < 1.29 is 14.3 Å². The Labute approximate surface area is 97.0 Å². The molecule has 0 aromatic carbocycles. The standard InChI is InChI=1S/C12H21NO3/c1-4-16-11(14)10(2)8-13-9-12(15-3)6-5-7-12/h13H,2,4-9H2,1,3H3. The Morgan fingerprint density at radius 3 is 2.62 bits per heavy atom. The average Bonchev–Trinajstić information content (AvgIpc) is 2.22. The first-order valence-corrected chi connectivity index (χ1v) is 5.74. The van der Waals surface area contributed by atoms with E-state index < -0.39 is 0 Å². The van der Waals surface area contributed by atoms with Crippen LogP contribution in [-0.4, -0.2) is 38.4 Å². The van der Waals surface area contributed by atoms with Crippen LogP contribution in [0.15, 0.2) is 12.2 Å². The van der Waals surface area contributed by atoms with Gasteiger partial charge >= 0.3 is 5.97 Å². The van der Waals surface area contributed by atoms with E-state index in [0.29, 0.717) is 18.7 Å². The van der Waals surface area contributed by atoms with Gasteiger partial charge in [-0.15, -0.1) is 0 Å². The van der Waals surface area contributed by atoms with E-state index in [-0.39, 0.29) is 11.6 Å². The quantitative estimate of drug-likeness (QED) is 0.525. The monoisotopic (exact) mass is 227 g/mol. The second kappa shape index (κ2) is 6.01. The lowest BCUT2D eigenvalue weighted by Crippen LogP contribution is -2.48. The van der Waals surface area contributed by atoms with Crippen molar-refractivity contribution in [3.8, 4) is 0 Å². The van der Waals surface area contributed by atoms with Crippen LogP contribution in [0.3, 0.4) is 0 Å². The maximum atomic E-state index is 11.3. The van der Waals surface area contributed by atoms with Crippen LogP contribution in [0.2, 0.25) is 0 Å². The second-order valence-electron chi connectivity index (χ2n) is 4.17. The highest BCUT2D eigenvalue weighted by molar-refractivity contribution is 5.88. The van der Waals surface area contributed by atoms with Crippen LogP contribution in [0.4, 0.5) is 0 Å². The van der Waals surface area contributed by atoms with Gasteiger partial charge in [0.05, 0.1) is 12.2 Å². The van der Waals surface area contributed by atoms with Gasteiger partial charge in [-0.05, 0) is 26.2 Å². The second-order valence-corrected chi connectivity index (χ2v) is 4.17. The molecule has 0 unspecified atom stereocenters. The molecule has 92 valence electrons. The molecule has 4 nitrogen and oxygen atoms in total. The molecule has 0 heterocycles. The molecule has 0 radical (unpaired) electrons. The third kappa shape index (κ3) is 3.32. The number of hydrogen-bond donors (Lipinski definition) is 1. The van der Waals surface area contributed by atoms with Gasteiger partial charge in [-0.3, -0.25) is 0 Å². The summed E-state index contributed by atoms with van der Waals surface area (Å²) in [7, 11) is 1.74. The van der Waals surface area contributed by atoms with Gasteiger partial charge in [0.15, 0.2) is 0 Å². The number of esters is 1. The van der Waals surface area contributed by atoms with Gasteiger partial charge in [-0.25, -0.2) is 4.79 Å². The zero-order valence-electron chi connectivity index (χ0n) is 10.2. The highest BCUT2D eigenvalue weighted by Gasteiger charge is 2.36. The van der Waals surface area contributed by atoms with Crippen molar-refractivity contribution in [3.05, 3.63) is 12.2 Å². The van der Waals surface area contributed by atoms with Gasteiger partial charge in [0.25, 0.3) is 0 Å². The predicted molar refractivity (Wildman–Crippen MR) is 62.2 cm³/mol. The van der Waals surface area contributed by atoms with E-state index in [2.05, 4.69) is 11.9 Å². The molecule has 1 aliphatic rings. The molecule has 0 saturated heterocycles. The van der Waals surface area contributed by atoms with Crippen molar-refractivity contribution in [2.75, 3.05) is 26.8 Å². The molecule has 0 aromatic rings. The lowest BCUT2D eigenvalue weighted by molar-refractivity contribution is -0.138. The Hall–Kier alpha value is -0.870. The van der Waals surface area contributed by atoms with Crippen LogP contribution in [-0.2, 0) is 14.3 Å². The molecule has 1 fully saturated rings. The minimum Gasteiger partial charge on any atom is -0.463 e. The SMILES string of the molecule is C=C(CNCC1(OC)CCC1)C(=O)OCC. The third-order valence-corrected chi connectivity index (χ3v) is 3.05. The van der Waals surface area contributed by atoms with Crippen LogP contribution < -0.4 is 5.32 Å². The Balaban J connectivity index is 2.19. The van der Waals surface area contributed by atoms with Crippen LogP contribution in [0.1, 0.15) is 26.2 Å². The molecule has 1 N–H and O–H groups in total. The summed E-state index contributed by atoms with van der Waals surface area (Å²) in [4.78, 5) is 11.3. The average molecular weight is 227 g/mol. The number of rotatable bonds is 7. The third-order valence-electron chi connectivity index (χ3n) is 3.05. The topological polar surface area (TPSA) is 47.6 Å². The van der Waals surface area contributed by atoms with E-state index in [1.165, 1.54) is 6.42 Å². The first-order valence-electron chi connectivity index (χ1n) is 5.74. The fourth-order valence-electron chi connectivity index (χ4n) is 1.77. The summed E-state index contributed by atoms with van der Waals surface area (Å²) in [5.74, 6) is -0.324. The first-order chi connectivity index (χ1) is 7.63. The van der Waals surface area contributed by atoms with Crippen LogP contribution >= 0.6 is 0 Å². The lowest BCUT2D eigenvalue weighted by atomic mass is 9.80. The van der Waals surface area contributed by atoms with Crippen molar-refractivity contribution >= 4 is 5.97 Å². The van der Waals surface area contributed by atoms with Gasteiger partial charge in [0, 0.05) is 25.8 Å². The summed E-state index contributed by atoms with van der Waals surface area (Å²) in [6, 6.07) is 0. The molecule has 16 heavy (non-hydrogen) atoms. The Morgan fingerprint density at radius 2 is 2.19 bits per heavy atom. The smallest absolute Gasteiger partial charge is 0.334 e. The largest absolute Gasteiger partial charge is 0.463 e. The number of ether oxygens (including phenoxy) is 2. The van der Waals surface area contributed by atoms with Gasteiger partial charge in [0.1, 0.15) is 0 Å². The lowest BCUT2D eigenvalue weighted by Gasteiger charge is -2.40. The van der Waals surface area contributed by atoms with E-state index >= 15 is 0 Å². The summed E-state index contributed by atoms with van der Waals surface area (Å²) in [6.07, 6.45) is 3.39. The number of hydrogen-bond acceptors (Lipinski definition) is 4. The van der Waals surface area contributed by atoms with Gasteiger partial charge in [-0.2, -0.15) is 0 Å². The Kier molecular flexibility index (Phi) is 4.96. The van der Waals surface area contributed by atoms with Crippen LogP contribution in [0.5, 0.6) is 0 Å². The van der Waals surface area contributed by atoms with Crippen LogP contribution in [0, 0.1) is 0 Å². The van der Waals surface area contributed by atoms with Crippen molar-refractivity contribution in [2.45, 2.75) is 31.8 Å². The Bertz CT molecular complexity index is 253. The Morgan fingerprint density at radius 1 is 1.50 bits per heavy atom. The molecule has 1 aliphatic carbocycles. The molecule has 0 aromatic heterocycles. The zero-order chi connectivity index (χ0) is 12.0. The predicted octanol–water partition coefficient (Wildman–Crippen LogP) is 1.26. The maximum Gasteiger partial charge on any atom is 0.334 e. The molecular formula is C12H21NO3. The molecule has 1 rings (SSSR count). The maximum absolute atomic E-state index is 11.3. The molecule has 0 atom stereocenters. The minimum atomic E-state index is -0.324. The highest BCUT2D eigenvalue weighted by atomic mass is 16.5. The summed E-state index contributed by atoms with van der Waals surface area (Å²) in [5.41, 5.74) is 0.446. The summed E-state index contributed by atoms with van der Waals surface area (Å²) in [6.45, 7) is 7.09. The first kappa shape index (κ1) is 13.2. The summed E-state index contributed by atoms with van der Waals surface area (Å²) < 4.78 is 10.3. The van der Waals surface area contributed by atoms with Gasteiger partial charge < -0.3 is 14.8 Å². The molecule has 0 aliphatic heterocycles. The molecule has 0 bridgehead atoms.